The van der Waals surface area contributed by atoms with Crippen molar-refractivity contribution in [2.75, 3.05) is 0 Å². The number of hydrogen-bond donors (Lipinski definition) is 0. The van der Waals surface area contributed by atoms with Gasteiger partial charge in [-0.1, -0.05) is 13.0 Å². The molecule has 0 saturated heterocycles. The molecule has 0 spiro atoms. The van der Waals surface area contributed by atoms with Gasteiger partial charge in [0.25, 0.3) is 0 Å². The van der Waals surface area contributed by atoms with Gasteiger partial charge in [0.15, 0.2) is 8.32 Å². The third kappa shape index (κ3) is 4.11. The maximum absolute atomic E-state index is 6.42. The number of rotatable bonds is 4. The summed E-state index contributed by atoms with van der Waals surface area (Å²) in [6, 6.07) is 0. The molecule has 1 nitrogen and oxygen atoms in total. The van der Waals surface area contributed by atoms with E-state index in [0.29, 0.717) is 0 Å². The molecule has 0 aromatic carbocycles. The first-order chi connectivity index (χ1) is 6.87. The maximum Gasteiger partial charge on any atom is 0.184 e. The molecule has 0 atom stereocenters. The molecule has 0 bridgehead atoms. The second-order valence-electron chi connectivity index (χ2n) is 6.07. The molecule has 0 unspecified atom stereocenters. The predicted molar refractivity (Wildman–Crippen MR) is 69.6 cm³/mol. The molecular weight excluding hydrogens is 200 g/mol. The van der Waals surface area contributed by atoms with Gasteiger partial charge in [-0.15, -0.1) is 6.58 Å². The van der Waals surface area contributed by atoms with E-state index in [1.54, 1.807) is 0 Å². The average molecular weight is 226 g/mol. The molecule has 1 rings (SSSR count). The highest BCUT2D eigenvalue weighted by molar-refractivity contribution is 6.69. The lowest BCUT2D eigenvalue weighted by molar-refractivity contribution is 0.0133. The van der Waals surface area contributed by atoms with E-state index in [4.69, 9.17) is 4.43 Å². The Kier molecular flexibility index (Phi) is 4.18. The minimum atomic E-state index is -1.42. The topological polar surface area (TPSA) is 9.23 Å². The molecule has 1 saturated carbocycles. The lowest BCUT2D eigenvalue weighted by Crippen LogP contribution is -2.44. The smallest absolute Gasteiger partial charge is 0.184 e. The second kappa shape index (κ2) is 4.83. The van der Waals surface area contributed by atoms with Crippen LogP contribution in [-0.2, 0) is 4.43 Å². The van der Waals surface area contributed by atoms with Crippen molar-refractivity contribution in [3.63, 3.8) is 0 Å². The van der Waals surface area contributed by atoms with Gasteiger partial charge in [-0.05, 0) is 57.7 Å². The lowest BCUT2D eigenvalue weighted by atomic mass is 9.78. The number of hydrogen-bond acceptors (Lipinski definition) is 1. The van der Waals surface area contributed by atoms with Gasteiger partial charge in [-0.2, -0.15) is 0 Å². The van der Waals surface area contributed by atoms with Crippen LogP contribution in [0.15, 0.2) is 12.7 Å². The predicted octanol–water partition coefficient (Wildman–Crippen LogP) is 4.36. The third-order valence-electron chi connectivity index (χ3n) is 3.22. The zero-order chi connectivity index (χ0) is 11.5. The molecule has 0 amide bonds. The van der Waals surface area contributed by atoms with E-state index in [1.807, 2.05) is 6.08 Å². The van der Waals surface area contributed by atoms with E-state index >= 15 is 0 Å². The van der Waals surface area contributed by atoms with Crippen molar-refractivity contribution in [2.45, 2.75) is 64.3 Å². The van der Waals surface area contributed by atoms with E-state index in [0.717, 1.165) is 12.3 Å². The van der Waals surface area contributed by atoms with Crippen LogP contribution in [-0.4, -0.2) is 13.9 Å². The van der Waals surface area contributed by atoms with Crippen LogP contribution in [0.3, 0.4) is 0 Å². The highest BCUT2D eigenvalue weighted by Crippen LogP contribution is 2.39. The molecule has 0 aromatic rings. The first-order valence-corrected chi connectivity index (χ1v) is 9.59. The molecule has 1 fully saturated rings. The molecule has 0 radical (unpaired) electrons. The summed E-state index contributed by atoms with van der Waals surface area (Å²) < 4.78 is 6.42. The summed E-state index contributed by atoms with van der Waals surface area (Å²) in [5.74, 6) is 0.883. The van der Waals surface area contributed by atoms with E-state index in [-0.39, 0.29) is 5.60 Å². The SMILES string of the molecule is C=CCC1(O[Si](C)(C)C)CCC(C)CC1. The van der Waals surface area contributed by atoms with E-state index in [1.165, 1.54) is 25.7 Å². The first-order valence-electron chi connectivity index (χ1n) is 6.18. The Morgan fingerprint density at radius 1 is 1.33 bits per heavy atom. The Bertz CT molecular complexity index is 209. The zero-order valence-electron chi connectivity index (χ0n) is 10.8. The molecule has 2 heteroatoms. The van der Waals surface area contributed by atoms with Crippen LogP contribution in [0.2, 0.25) is 19.6 Å². The van der Waals surface area contributed by atoms with E-state index < -0.39 is 8.32 Å². The molecule has 1 aliphatic carbocycles. The molecule has 0 aromatic heterocycles. The Labute approximate surface area is 96.0 Å². The van der Waals surface area contributed by atoms with Gasteiger partial charge in [-0.3, -0.25) is 0 Å². The summed E-state index contributed by atoms with van der Waals surface area (Å²) in [5.41, 5.74) is 0.138. The summed E-state index contributed by atoms with van der Waals surface area (Å²) in [5, 5.41) is 0. The van der Waals surface area contributed by atoms with E-state index in [9.17, 15) is 0 Å². The fourth-order valence-electron chi connectivity index (χ4n) is 2.55. The van der Waals surface area contributed by atoms with Gasteiger partial charge in [-0.25, -0.2) is 0 Å². The molecule has 1 aliphatic rings. The summed E-state index contributed by atoms with van der Waals surface area (Å²) in [6.07, 6.45) is 8.16. The van der Waals surface area contributed by atoms with Crippen molar-refractivity contribution in [1.82, 2.24) is 0 Å². The van der Waals surface area contributed by atoms with Gasteiger partial charge in [0, 0.05) is 0 Å². The lowest BCUT2D eigenvalue weighted by Gasteiger charge is -2.43. The third-order valence-corrected chi connectivity index (χ3v) is 4.27. The van der Waals surface area contributed by atoms with Crippen molar-refractivity contribution in [2.24, 2.45) is 5.92 Å². The molecule has 0 aliphatic heterocycles. The van der Waals surface area contributed by atoms with Gasteiger partial charge in [0.05, 0.1) is 5.60 Å². The van der Waals surface area contributed by atoms with Crippen molar-refractivity contribution in [3.8, 4) is 0 Å². The average Bonchev–Trinajstić information content (AvgIpc) is 2.08. The Morgan fingerprint density at radius 2 is 1.87 bits per heavy atom. The monoisotopic (exact) mass is 226 g/mol. The van der Waals surface area contributed by atoms with Crippen molar-refractivity contribution in [3.05, 3.63) is 12.7 Å². The Morgan fingerprint density at radius 3 is 2.27 bits per heavy atom. The summed E-state index contributed by atoms with van der Waals surface area (Å²) >= 11 is 0. The van der Waals surface area contributed by atoms with Gasteiger partial charge < -0.3 is 4.43 Å². The van der Waals surface area contributed by atoms with Crippen molar-refractivity contribution >= 4 is 8.32 Å². The Balaban J connectivity index is 2.66. The van der Waals surface area contributed by atoms with Gasteiger partial charge in [0.1, 0.15) is 0 Å². The summed E-state index contributed by atoms with van der Waals surface area (Å²) in [7, 11) is -1.42. The fraction of sp³-hybridized carbons (Fsp3) is 0.846. The zero-order valence-corrected chi connectivity index (χ0v) is 11.8. The molecule has 0 heterocycles. The maximum atomic E-state index is 6.42. The second-order valence-corrected chi connectivity index (χ2v) is 10.5. The van der Waals surface area contributed by atoms with Crippen LogP contribution in [0, 0.1) is 5.92 Å². The standard InChI is InChI=1S/C13H26OSi/c1-6-9-13(14-15(3,4)5)10-7-12(2)8-11-13/h6,12H,1,7-11H2,2-5H3. The molecule has 88 valence electrons. The van der Waals surface area contributed by atoms with Crippen LogP contribution in [0.25, 0.3) is 0 Å². The molecular formula is C13H26OSi. The van der Waals surface area contributed by atoms with Crippen molar-refractivity contribution in [1.29, 1.82) is 0 Å². The largest absolute Gasteiger partial charge is 0.412 e. The molecule has 0 N–H and O–H groups in total. The van der Waals surface area contributed by atoms with Crippen molar-refractivity contribution < 1.29 is 4.43 Å². The van der Waals surface area contributed by atoms with E-state index in [2.05, 4.69) is 33.1 Å². The minimum absolute atomic E-state index is 0.138. The summed E-state index contributed by atoms with van der Waals surface area (Å²) in [6.45, 7) is 13.1. The van der Waals surface area contributed by atoms with Gasteiger partial charge >= 0.3 is 0 Å². The first kappa shape index (κ1) is 13.0. The normalized spacial score (nSPS) is 32.7. The van der Waals surface area contributed by atoms with Crippen LogP contribution in [0.1, 0.15) is 39.0 Å². The Hall–Kier alpha value is -0.0831. The summed E-state index contributed by atoms with van der Waals surface area (Å²) in [4.78, 5) is 0. The highest BCUT2D eigenvalue weighted by atomic mass is 28.4. The van der Waals surface area contributed by atoms with Crippen LogP contribution in [0.4, 0.5) is 0 Å². The quantitative estimate of drug-likeness (QED) is 0.511. The highest BCUT2D eigenvalue weighted by Gasteiger charge is 2.37. The van der Waals surface area contributed by atoms with Gasteiger partial charge in [0.2, 0.25) is 0 Å². The fourth-order valence-corrected chi connectivity index (χ4v) is 4.14. The molecule has 15 heavy (non-hydrogen) atoms. The van der Waals surface area contributed by atoms with Crippen LogP contribution >= 0.6 is 0 Å². The van der Waals surface area contributed by atoms with Crippen LogP contribution in [0.5, 0.6) is 0 Å². The van der Waals surface area contributed by atoms with Crippen LogP contribution < -0.4 is 0 Å². The minimum Gasteiger partial charge on any atom is -0.412 e.